The topological polar surface area (TPSA) is 64.7 Å². The minimum absolute atomic E-state index is 0.106. The van der Waals surface area contributed by atoms with Crippen LogP contribution in [0.2, 0.25) is 5.02 Å². The van der Waals surface area contributed by atoms with Crippen LogP contribution in [-0.4, -0.2) is 25.5 Å². The Kier molecular flexibility index (Phi) is 4.80. The number of hydrogen-bond acceptors (Lipinski definition) is 3. The first-order chi connectivity index (χ1) is 11.9. The molecule has 1 aromatic carbocycles. The van der Waals surface area contributed by atoms with Gasteiger partial charge in [0.25, 0.3) is 5.91 Å². The summed E-state index contributed by atoms with van der Waals surface area (Å²) < 4.78 is 27.1. The highest BCUT2D eigenvalue weighted by Crippen LogP contribution is 2.15. The molecule has 0 saturated heterocycles. The molecule has 0 saturated carbocycles. The molecular weight excluding hydrogens is 352 g/mol. The molecule has 6 nitrogen and oxygen atoms in total. The van der Waals surface area contributed by atoms with Crippen LogP contribution in [0.4, 0.5) is 14.6 Å². The fourth-order valence-electron chi connectivity index (χ4n) is 2.24. The van der Waals surface area contributed by atoms with Crippen molar-refractivity contribution in [1.29, 1.82) is 0 Å². The molecule has 0 atom stereocenters. The van der Waals surface area contributed by atoms with Gasteiger partial charge < -0.3 is 5.32 Å². The molecule has 0 fully saturated rings. The Morgan fingerprint density at radius 2 is 1.96 bits per heavy atom. The van der Waals surface area contributed by atoms with Gasteiger partial charge in [-0.3, -0.25) is 9.48 Å². The second-order valence-corrected chi connectivity index (χ2v) is 5.80. The first-order valence-corrected chi connectivity index (χ1v) is 7.74. The molecule has 0 radical (unpaired) electrons. The normalized spacial score (nSPS) is 11.1. The van der Waals surface area contributed by atoms with Gasteiger partial charge in [-0.15, -0.1) is 0 Å². The standard InChI is InChI=1S/C16H14ClF2N5O/c1-10-8-14(20-15(25)13-6-7-23(21-13)16(18)19)22-24(10)9-11-2-4-12(17)5-3-11/h2-8,16H,9H2,1H3,(H,20,22,25). The molecule has 2 heterocycles. The minimum atomic E-state index is -2.79. The summed E-state index contributed by atoms with van der Waals surface area (Å²) in [4.78, 5) is 12.1. The van der Waals surface area contributed by atoms with E-state index in [4.69, 9.17) is 11.6 Å². The molecule has 0 aliphatic heterocycles. The highest BCUT2D eigenvalue weighted by atomic mass is 35.5. The predicted octanol–water partition coefficient (Wildman–Crippen LogP) is 3.74. The van der Waals surface area contributed by atoms with E-state index in [1.54, 1.807) is 22.9 Å². The first kappa shape index (κ1) is 17.1. The summed E-state index contributed by atoms with van der Waals surface area (Å²) in [5.41, 5.74) is 1.73. The summed E-state index contributed by atoms with van der Waals surface area (Å²) in [6.45, 7) is -0.425. The largest absolute Gasteiger partial charge is 0.333 e. The van der Waals surface area contributed by atoms with Crippen molar-refractivity contribution < 1.29 is 13.6 Å². The van der Waals surface area contributed by atoms with Crippen molar-refractivity contribution in [3.05, 3.63) is 64.6 Å². The monoisotopic (exact) mass is 365 g/mol. The van der Waals surface area contributed by atoms with Gasteiger partial charge in [-0.05, 0) is 30.7 Å². The van der Waals surface area contributed by atoms with E-state index in [-0.39, 0.29) is 5.69 Å². The summed E-state index contributed by atoms with van der Waals surface area (Å²) in [6, 6.07) is 10.3. The lowest BCUT2D eigenvalue weighted by molar-refractivity contribution is 0.0561. The molecule has 0 aliphatic rings. The molecule has 3 aromatic rings. The van der Waals surface area contributed by atoms with E-state index in [2.05, 4.69) is 15.5 Å². The maximum absolute atomic E-state index is 12.5. The van der Waals surface area contributed by atoms with E-state index in [0.717, 1.165) is 17.5 Å². The number of rotatable bonds is 5. The zero-order valence-electron chi connectivity index (χ0n) is 13.2. The highest BCUT2D eigenvalue weighted by molar-refractivity contribution is 6.30. The summed E-state index contributed by atoms with van der Waals surface area (Å²) in [5.74, 6) is -0.279. The number of anilines is 1. The Morgan fingerprint density at radius 3 is 2.60 bits per heavy atom. The van der Waals surface area contributed by atoms with E-state index >= 15 is 0 Å². The smallest absolute Gasteiger partial charge is 0.304 e. The number of nitrogens with zero attached hydrogens (tertiary/aromatic N) is 4. The van der Waals surface area contributed by atoms with Crippen LogP contribution in [0.25, 0.3) is 0 Å². The molecule has 0 unspecified atom stereocenters. The van der Waals surface area contributed by atoms with Crippen molar-refractivity contribution in [3.8, 4) is 0 Å². The number of nitrogens with one attached hydrogen (secondary N) is 1. The maximum Gasteiger partial charge on any atom is 0.333 e. The van der Waals surface area contributed by atoms with Crippen LogP contribution >= 0.6 is 11.6 Å². The lowest BCUT2D eigenvalue weighted by Gasteiger charge is -2.04. The Morgan fingerprint density at radius 1 is 1.24 bits per heavy atom. The number of alkyl halides is 2. The van der Waals surface area contributed by atoms with E-state index < -0.39 is 12.5 Å². The molecule has 1 amide bonds. The van der Waals surface area contributed by atoms with Gasteiger partial charge in [-0.25, -0.2) is 4.68 Å². The number of carbonyl (C=O) groups excluding carboxylic acids is 1. The molecule has 9 heteroatoms. The molecule has 25 heavy (non-hydrogen) atoms. The Labute approximate surface area is 147 Å². The fraction of sp³-hybridized carbons (Fsp3) is 0.188. The van der Waals surface area contributed by atoms with Crippen LogP contribution in [0.3, 0.4) is 0 Å². The SMILES string of the molecule is Cc1cc(NC(=O)c2ccn(C(F)F)n2)nn1Cc1ccc(Cl)cc1. The zero-order chi connectivity index (χ0) is 18.0. The number of halogens is 3. The fourth-order valence-corrected chi connectivity index (χ4v) is 2.37. The zero-order valence-corrected chi connectivity index (χ0v) is 13.9. The Hall–Kier alpha value is -2.74. The van der Waals surface area contributed by atoms with Crippen molar-refractivity contribution in [2.24, 2.45) is 0 Å². The Balaban J connectivity index is 1.71. The summed E-state index contributed by atoms with van der Waals surface area (Å²) in [5, 5.41) is 11.0. The third-order valence-corrected chi connectivity index (χ3v) is 3.76. The van der Waals surface area contributed by atoms with Gasteiger partial charge in [0, 0.05) is 23.0 Å². The van der Waals surface area contributed by atoms with E-state index in [1.807, 2.05) is 19.1 Å². The molecule has 0 bridgehead atoms. The van der Waals surface area contributed by atoms with Gasteiger partial charge in [0.15, 0.2) is 11.5 Å². The maximum atomic E-state index is 12.5. The van der Waals surface area contributed by atoms with E-state index in [0.29, 0.717) is 22.1 Å². The van der Waals surface area contributed by atoms with Crippen LogP contribution in [0, 0.1) is 6.92 Å². The highest BCUT2D eigenvalue weighted by Gasteiger charge is 2.15. The first-order valence-electron chi connectivity index (χ1n) is 7.36. The van der Waals surface area contributed by atoms with Gasteiger partial charge in [-0.2, -0.15) is 19.0 Å². The third kappa shape index (κ3) is 4.03. The molecule has 0 spiro atoms. The van der Waals surface area contributed by atoms with Crippen LogP contribution in [0.1, 0.15) is 28.3 Å². The van der Waals surface area contributed by atoms with Gasteiger partial charge in [0.05, 0.1) is 6.54 Å². The summed E-state index contributed by atoms with van der Waals surface area (Å²) >= 11 is 5.86. The number of benzene rings is 1. The van der Waals surface area contributed by atoms with Crippen LogP contribution in [0.15, 0.2) is 42.6 Å². The number of aryl methyl sites for hydroxylation is 1. The number of carbonyl (C=O) groups is 1. The van der Waals surface area contributed by atoms with Gasteiger partial charge in [-0.1, -0.05) is 23.7 Å². The van der Waals surface area contributed by atoms with Gasteiger partial charge in [0.1, 0.15) is 0 Å². The average Bonchev–Trinajstić information content (AvgIpc) is 3.17. The molecule has 1 N–H and O–H groups in total. The van der Waals surface area contributed by atoms with Crippen LogP contribution < -0.4 is 5.32 Å². The lowest BCUT2D eigenvalue weighted by atomic mass is 10.2. The lowest BCUT2D eigenvalue weighted by Crippen LogP contribution is -2.14. The predicted molar refractivity (Wildman–Crippen MR) is 89.0 cm³/mol. The molecule has 0 aliphatic carbocycles. The minimum Gasteiger partial charge on any atom is -0.304 e. The van der Waals surface area contributed by atoms with Crippen molar-refractivity contribution in [3.63, 3.8) is 0 Å². The molecular formula is C16H14ClF2N5O. The van der Waals surface area contributed by atoms with E-state index in [9.17, 15) is 13.6 Å². The number of amides is 1. The quantitative estimate of drug-likeness (QED) is 0.749. The van der Waals surface area contributed by atoms with Crippen molar-refractivity contribution in [2.45, 2.75) is 20.0 Å². The molecule has 3 rings (SSSR count). The molecule has 130 valence electrons. The van der Waals surface area contributed by atoms with Gasteiger partial charge in [0.2, 0.25) is 0 Å². The third-order valence-electron chi connectivity index (χ3n) is 3.51. The van der Waals surface area contributed by atoms with E-state index in [1.165, 1.54) is 6.07 Å². The van der Waals surface area contributed by atoms with Crippen LogP contribution in [-0.2, 0) is 6.54 Å². The second-order valence-electron chi connectivity index (χ2n) is 5.37. The Bertz CT molecular complexity index is 888. The second kappa shape index (κ2) is 7.02. The summed E-state index contributed by atoms with van der Waals surface area (Å²) in [6.07, 6.45) is 1.05. The van der Waals surface area contributed by atoms with Crippen molar-refractivity contribution in [1.82, 2.24) is 19.6 Å². The average molecular weight is 366 g/mol. The van der Waals surface area contributed by atoms with Gasteiger partial charge >= 0.3 is 6.55 Å². The summed E-state index contributed by atoms with van der Waals surface area (Å²) in [7, 11) is 0. The molecule has 2 aromatic heterocycles. The number of hydrogen-bond donors (Lipinski definition) is 1. The van der Waals surface area contributed by atoms with Crippen molar-refractivity contribution >= 4 is 23.3 Å². The van der Waals surface area contributed by atoms with Crippen LogP contribution in [0.5, 0.6) is 0 Å². The number of aromatic nitrogens is 4. The van der Waals surface area contributed by atoms with Crippen molar-refractivity contribution in [2.75, 3.05) is 5.32 Å².